The Balaban J connectivity index is 2.82. The van der Waals surface area contributed by atoms with Crippen LogP contribution in [0.3, 0.4) is 0 Å². The molecule has 1 aliphatic carbocycles. The Morgan fingerprint density at radius 2 is 1.95 bits per heavy atom. The van der Waals surface area contributed by atoms with E-state index in [-0.39, 0.29) is 12.0 Å². The molecule has 0 radical (unpaired) electrons. The summed E-state index contributed by atoms with van der Waals surface area (Å²) in [5.41, 5.74) is 0.328. The van der Waals surface area contributed by atoms with E-state index in [9.17, 15) is 9.90 Å². The number of nitrogens with zero attached hydrogens (tertiary/aromatic N) is 1. The number of hydrogen-bond acceptors (Lipinski definition) is 2. The zero-order chi connectivity index (χ0) is 14.6. The van der Waals surface area contributed by atoms with E-state index in [1.54, 1.807) is 0 Å². The van der Waals surface area contributed by atoms with Crippen LogP contribution >= 0.6 is 0 Å². The van der Waals surface area contributed by atoms with Crippen molar-refractivity contribution in [1.29, 1.82) is 0 Å². The molecule has 0 heterocycles. The molecule has 3 nitrogen and oxygen atoms in total. The van der Waals surface area contributed by atoms with Crippen molar-refractivity contribution < 1.29 is 9.90 Å². The van der Waals surface area contributed by atoms with E-state index in [1.807, 2.05) is 0 Å². The molecule has 0 aromatic carbocycles. The van der Waals surface area contributed by atoms with E-state index in [2.05, 4.69) is 39.6 Å². The molecule has 19 heavy (non-hydrogen) atoms. The van der Waals surface area contributed by atoms with Crippen molar-refractivity contribution in [3.8, 4) is 0 Å². The quantitative estimate of drug-likeness (QED) is 0.800. The molecule has 1 aliphatic rings. The molecule has 1 saturated carbocycles. The molecule has 112 valence electrons. The van der Waals surface area contributed by atoms with Crippen molar-refractivity contribution in [3.63, 3.8) is 0 Å². The van der Waals surface area contributed by atoms with Gasteiger partial charge in [0.05, 0.1) is 5.92 Å². The van der Waals surface area contributed by atoms with Gasteiger partial charge < -0.3 is 10.0 Å². The highest BCUT2D eigenvalue weighted by atomic mass is 16.4. The lowest BCUT2D eigenvalue weighted by Gasteiger charge is -2.45. The standard InChI is InChI=1S/C16H31NO2/c1-6-10-17(5)14-11-12(16(3,4)7-2)8-9-13(14)15(18)19/h12-14H,6-11H2,1-5H3,(H,18,19). The van der Waals surface area contributed by atoms with Crippen LogP contribution in [-0.2, 0) is 4.79 Å². The lowest BCUT2D eigenvalue weighted by Crippen LogP contribution is -2.47. The normalized spacial score (nSPS) is 28.6. The number of aliphatic carboxylic acids is 1. The highest BCUT2D eigenvalue weighted by Gasteiger charge is 2.41. The van der Waals surface area contributed by atoms with E-state index < -0.39 is 5.97 Å². The second kappa shape index (κ2) is 6.74. The average molecular weight is 269 g/mol. The first kappa shape index (κ1) is 16.5. The fourth-order valence-electron chi connectivity index (χ4n) is 3.44. The average Bonchev–Trinajstić information content (AvgIpc) is 2.38. The number of rotatable bonds is 6. The number of carboxylic acids is 1. The first-order valence-corrected chi connectivity index (χ1v) is 7.76. The predicted octanol–water partition coefficient (Wildman–Crippen LogP) is 3.63. The van der Waals surface area contributed by atoms with Gasteiger partial charge in [-0.2, -0.15) is 0 Å². The van der Waals surface area contributed by atoms with Crippen molar-refractivity contribution in [2.45, 2.75) is 65.8 Å². The number of carboxylic acid groups (broad SMARTS) is 1. The summed E-state index contributed by atoms with van der Waals surface area (Å²) in [6, 6.07) is 0.210. The van der Waals surface area contributed by atoms with Crippen LogP contribution < -0.4 is 0 Å². The molecule has 3 unspecified atom stereocenters. The summed E-state index contributed by atoms with van der Waals surface area (Å²) in [5, 5.41) is 9.45. The van der Waals surface area contributed by atoms with Crippen molar-refractivity contribution in [2.75, 3.05) is 13.6 Å². The third-order valence-electron chi connectivity index (χ3n) is 5.29. The minimum absolute atomic E-state index is 0.180. The lowest BCUT2D eigenvalue weighted by molar-refractivity contribution is -0.146. The summed E-state index contributed by atoms with van der Waals surface area (Å²) in [6.45, 7) is 10.1. The maximum atomic E-state index is 11.5. The molecule has 1 N–H and O–H groups in total. The van der Waals surface area contributed by atoms with Gasteiger partial charge >= 0.3 is 5.97 Å². The van der Waals surface area contributed by atoms with E-state index in [0.29, 0.717) is 11.3 Å². The molecule has 0 amide bonds. The zero-order valence-electron chi connectivity index (χ0n) is 13.3. The van der Waals surface area contributed by atoms with Crippen LogP contribution in [0.4, 0.5) is 0 Å². The highest BCUT2D eigenvalue weighted by molar-refractivity contribution is 5.71. The molecular weight excluding hydrogens is 238 g/mol. The Labute approximate surface area is 118 Å². The smallest absolute Gasteiger partial charge is 0.308 e. The molecule has 3 atom stereocenters. The fraction of sp³-hybridized carbons (Fsp3) is 0.938. The Morgan fingerprint density at radius 1 is 1.32 bits per heavy atom. The molecule has 3 heteroatoms. The van der Waals surface area contributed by atoms with Crippen LogP contribution in [0.5, 0.6) is 0 Å². The Kier molecular flexibility index (Phi) is 5.84. The van der Waals surface area contributed by atoms with Crippen molar-refractivity contribution in [3.05, 3.63) is 0 Å². The van der Waals surface area contributed by atoms with E-state index in [1.165, 1.54) is 6.42 Å². The predicted molar refractivity (Wildman–Crippen MR) is 79.2 cm³/mol. The molecular formula is C16H31NO2. The summed E-state index contributed by atoms with van der Waals surface area (Å²) in [5.74, 6) is -0.140. The molecule has 0 saturated heterocycles. The van der Waals surface area contributed by atoms with Gasteiger partial charge in [-0.3, -0.25) is 4.79 Å². The first-order chi connectivity index (χ1) is 8.83. The Bertz CT molecular complexity index is 301. The molecule has 0 spiro atoms. The van der Waals surface area contributed by atoms with Crippen molar-refractivity contribution >= 4 is 5.97 Å². The van der Waals surface area contributed by atoms with Gasteiger partial charge in [-0.25, -0.2) is 0 Å². The second-order valence-corrected chi connectivity index (χ2v) is 6.84. The summed E-state index contributed by atoms with van der Waals surface area (Å²) >= 11 is 0. The maximum absolute atomic E-state index is 11.5. The summed E-state index contributed by atoms with van der Waals surface area (Å²) in [7, 11) is 2.09. The third-order valence-corrected chi connectivity index (χ3v) is 5.29. The van der Waals surface area contributed by atoms with Gasteiger partial charge in [0.15, 0.2) is 0 Å². The van der Waals surface area contributed by atoms with Gasteiger partial charge in [-0.05, 0) is 50.6 Å². The van der Waals surface area contributed by atoms with Crippen LogP contribution in [0.1, 0.15) is 59.8 Å². The largest absolute Gasteiger partial charge is 0.481 e. The summed E-state index contributed by atoms with van der Waals surface area (Å²) in [4.78, 5) is 13.7. The molecule has 0 aliphatic heterocycles. The van der Waals surface area contributed by atoms with Crippen LogP contribution in [0.15, 0.2) is 0 Å². The van der Waals surface area contributed by atoms with Crippen molar-refractivity contribution in [2.24, 2.45) is 17.3 Å². The van der Waals surface area contributed by atoms with Gasteiger partial charge in [0.1, 0.15) is 0 Å². The van der Waals surface area contributed by atoms with Crippen LogP contribution in [0.2, 0.25) is 0 Å². The van der Waals surface area contributed by atoms with E-state index >= 15 is 0 Å². The Morgan fingerprint density at radius 3 is 2.42 bits per heavy atom. The maximum Gasteiger partial charge on any atom is 0.308 e. The monoisotopic (exact) mass is 269 g/mol. The van der Waals surface area contributed by atoms with E-state index in [0.717, 1.165) is 32.2 Å². The van der Waals surface area contributed by atoms with Crippen LogP contribution in [-0.4, -0.2) is 35.6 Å². The van der Waals surface area contributed by atoms with Gasteiger partial charge in [0.2, 0.25) is 0 Å². The number of carbonyl (C=O) groups is 1. The molecule has 1 rings (SSSR count). The van der Waals surface area contributed by atoms with Crippen LogP contribution in [0, 0.1) is 17.3 Å². The lowest BCUT2D eigenvalue weighted by atomic mass is 9.65. The van der Waals surface area contributed by atoms with Gasteiger partial charge in [0.25, 0.3) is 0 Å². The molecule has 0 aromatic rings. The van der Waals surface area contributed by atoms with Gasteiger partial charge in [-0.1, -0.05) is 34.1 Å². The number of hydrogen-bond donors (Lipinski definition) is 1. The Hall–Kier alpha value is -0.570. The fourth-order valence-corrected chi connectivity index (χ4v) is 3.44. The first-order valence-electron chi connectivity index (χ1n) is 7.76. The highest BCUT2D eigenvalue weighted by Crippen LogP contribution is 2.43. The van der Waals surface area contributed by atoms with Crippen molar-refractivity contribution in [1.82, 2.24) is 4.90 Å². The summed E-state index contributed by atoms with van der Waals surface area (Å²) in [6.07, 6.45) is 5.19. The molecule has 1 fully saturated rings. The van der Waals surface area contributed by atoms with Gasteiger partial charge in [-0.15, -0.1) is 0 Å². The topological polar surface area (TPSA) is 40.5 Å². The summed E-state index contributed by atoms with van der Waals surface area (Å²) < 4.78 is 0. The molecule has 0 aromatic heterocycles. The molecule has 0 bridgehead atoms. The van der Waals surface area contributed by atoms with E-state index in [4.69, 9.17) is 0 Å². The minimum Gasteiger partial charge on any atom is -0.481 e. The SMILES string of the molecule is CCCN(C)C1CC(C(C)(C)CC)CCC1C(=O)O. The minimum atomic E-state index is -0.610. The second-order valence-electron chi connectivity index (χ2n) is 6.84. The third kappa shape index (κ3) is 3.95. The van der Waals surface area contributed by atoms with Gasteiger partial charge in [0, 0.05) is 6.04 Å². The van der Waals surface area contributed by atoms with Crippen LogP contribution in [0.25, 0.3) is 0 Å². The zero-order valence-corrected chi connectivity index (χ0v) is 13.3.